The van der Waals surface area contributed by atoms with E-state index < -0.39 is 0 Å². The molecule has 132 valence electrons. The molecule has 1 aromatic carbocycles. The Labute approximate surface area is 144 Å². The molecule has 5 nitrogen and oxygen atoms in total. The number of ether oxygens (including phenoxy) is 1. The van der Waals surface area contributed by atoms with Crippen LogP contribution in [0.3, 0.4) is 0 Å². The van der Waals surface area contributed by atoms with Gasteiger partial charge in [-0.1, -0.05) is 25.1 Å². The van der Waals surface area contributed by atoms with Gasteiger partial charge in [0.25, 0.3) is 0 Å². The van der Waals surface area contributed by atoms with Crippen molar-refractivity contribution in [2.24, 2.45) is 0 Å². The Morgan fingerprint density at radius 1 is 1.38 bits per heavy atom. The number of nitrogens with zero attached hydrogens (tertiary/aromatic N) is 1. The smallest absolute Gasteiger partial charge is 0.223 e. The molecule has 1 atom stereocenters. The average molecular weight is 332 g/mol. The third-order valence-electron chi connectivity index (χ3n) is 4.47. The van der Waals surface area contributed by atoms with Gasteiger partial charge in [-0.25, -0.2) is 0 Å². The molecule has 0 spiro atoms. The fourth-order valence-electron chi connectivity index (χ4n) is 3.15. The van der Waals surface area contributed by atoms with E-state index in [1.165, 1.54) is 0 Å². The zero-order valence-electron chi connectivity index (χ0n) is 14.9. The van der Waals surface area contributed by atoms with Crippen LogP contribution < -0.4 is 10.2 Å². The highest BCUT2D eigenvalue weighted by Gasteiger charge is 2.19. The topological polar surface area (TPSA) is 58.6 Å². The van der Waals surface area contributed by atoms with E-state index in [-0.39, 0.29) is 17.9 Å². The van der Waals surface area contributed by atoms with Gasteiger partial charge in [-0.05, 0) is 37.3 Å². The van der Waals surface area contributed by atoms with Crippen molar-refractivity contribution >= 4 is 17.5 Å². The number of anilines is 1. The largest absolute Gasteiger partial charge is 0.376 e. The molecule has 1 N–H and O–H groups in total. The summed E-state index contributed by atoms with van der Waals surface area (Å²) < 4.78 is 5.50. The lowest BCUT2D eigenvalue weighted by atomic mass is 10.0. The van der Waals surface area contributed by atoms with Crippen molar-refractivity contribution in [1.82, 2.24) is 5.32 Å². The maximum absolute atomic E-state index is 12.1. The Hall–Kier alpha value is -1.88. The summed E-state index contributed by atoms with van der Waals surface area (Å²) in [5.41, 5.74) is 3.13. The number of carbonyl (C=O) groups is 2. The van der Waals surface area contributed by atoms with Crippen LogP contribution in [0.15, 0.2) is 18.2 Å². The SMILES string of the molecule is CCc1cccc(C)c1N(CCC(=O)NCC1CCCO1)C(C)=O. The first-order valence-electron chi connectivity index (χ1n) is 8.77. The summed E-state index contributed by atoms with van der Waals surface area (Å²) in [5.74, 6) is -0.0747. The third-order valence-corrected chi connectivity index (χ3v) is 4.47. The fourth-order valence-corrected chi connectivity index (χ4v) is 3.15. The summed E-state index contributed by atoms with van der Waals surface area (Å²) in [6.07, 6.45) is 3.35. The predicted octanol–water partition coefficient (Wildman–Crippen LogP) is 2.60. The quantitative estimate of drug-likeness (QED) is 0.835. The molecule has 5 heteroatoms. The number of para-hydroxylation sites is 1. The van der Waals surface area contributed by atoms with Gasteiger partial charge in [0, 0.05) is 38.7 Å². The number of carbonyl (C=O) groups excluding carboxylic acids is 2. The van der Waals surface area contributed by atoms with Gasteiger partial charge in [0.15, 0.2) is 0 Å². The number of rotatable bonds is 7. The second-order valence-corrected chi connectivity index (χ2v) is 6.30. The highest BCUT2D eigenvalue weighted by molar-refractivity contribution is 5.94. The minimum Gasteiger partial charge on any atom is -0.376 e. The number of benzene rings is 1. The highest BCUT2D eigenvalue weighted by Crippen LogP contribution is 2.26. The molecule has 1 aliphatic heterocycles. The van der Waals surface area contributed by atoms with Crippen LogP contribution in [0.5, 0.6) is 0 Å². The standard InChI is InChI=1S/C19H28N2O3/c1-4-16-8-5-7-14(2)19(16)21(15(3)22)11-10-18(23)20-13-17-9-6-12-24-17/h5,7-8,17H,4,6,9-13H2,1-3H3,(H,20,23). The zero-order chi connectivity index (χ0) is 17.5. The molecule has 0 aromatic heterocycles. The third kappa shape index (κ3) is 4.81. The van der Waals surface area contributed by atoms with Crippen LogP contribution in [0.25, 0.3) is 0 Å². The Bertz CT molecular complexity index is 580. The van der Waals surface area contributed by atoms with Gasteiger partial charge in [0.05, 0.1) is 6.10 Å². The first-order valence-corrected chi connectivity index (χ1v) is 8.77. The van der Waals surface area contributed by atoms with Crippen molar-refractivity contribution < 1.29 is 14.3 Å². The van der Waals surface area contributed by atoms with E-state index in [1.54, 1.807) is 11.8 Å². The van der Waals surface area contributed by atoms with Crippen LogP contribution in [0, 0.1) is 6.92 Å². The average Bonchev–Trinajstić information content (AvgIpc) is 3.07. The molecule has 0 bridgehead atoms. The molecule has 1 unspecified atom stereocenters. The van der Waals surface area contributed by atoms with Gasteiger partial charge < -0.3 is 15.0 Å². The number of amides is 2. The van der Waals surface area contributed by atoms with E-state index in [4.69, 9.17) is 4.74 Å². The lowest BCUT2D eigenvalue weighted by molar-refractivity contribution is -0.121. The van der Waals surface area contributed by atoms with Crippen molar-refractivity contribution in [3.8, 4) is 0 Å². The van der Waals surface area contributed by atoms with E-state index in [9.17, 15) is 9.59 Å². The zero-order valence-corrected chi connectivity index (χ0v) is 14.9. The first-order chi connectivity index (χ1) is 11.5. The van der Waals surface area contributed by atoms with E-state index in [1.807, 2.05) is 25.1 Å². The van der Waals surface area contributed by atoms with E-state index in [0.29, 0.717) is 19.5 Å². The molecular formula is C19H28N2O3. The molecule has 1 aliphatic rings. The Morgan fingerprint density at radius 3 is 2.79 bits per heavy atom. The molecule has 1 heterocycles. The number of hydrogen-bond donors (Lipinski definition) is 1. The molecular weight excluding hydrogens is 304 g/mol. The molecule has 24 heavy (non-hydrogen) atoms. The molecule has 2 rings (SSSR count). The van der Waals surface area contributed by atoms with Crippen LogP contribution >= 0.6 is 0 Å². The van der Waals surface area contributed by atoms with E-state index in [0.717, 1.165) is 42.7 Å². The normalized spacial score (nSPS) is 16.9. The van der Waals surface area contributed by atoms with Gasteiger partial charge in [-0.2, -0.15) is 0 Å². The number of nitrogens with one attached hydrogen (secondary N) is 1. The summed E-state index contributed by atoms with van der Waals surface area (Å²) in [5, 5.41) is 2.91. The lowest BCUT2D eigenvalue weighted by Gasteiger charge is -2.25. The molecule has 0 saturated carbocycles. The maximum Gasteiger partial charge on any atom is 0.223 e. The summed E-state index contributed by atoms with van der Waals surface area (Å²) in [6.45, 7) is 7.36. The monoisotopic (exact) mass is 332 g/mol. The molecule has 1 saturated heterocycles. The minimum absolute atomic E-state index is 0.0362. The summed E-state index contributed by atoms with van der Waals surface area (Å²) in [7, 11) is 0. The second-order valence-electron chi connectivity index (χ2n) is 6.30. The van der Waals surface area contributed by atoms with E-state index >= 15 is 0 Å². The fraction of sp³-hybridized carbons (Fsp3) is 0.579. The molecule has 0 aliphatic carbocycles. The Kier molecular flexibility index (Phi) is 6.79. The molecule has 0 radical (unpaired) electrons. The lowest BCUT2D eigenvalue weighted by Crippen LogP contribution is -2.37. The molecule has 1 aromatic rings. The van der Waals surface area contributed by atoms with Crippen LogP contribution in [-0.4, -0.2) is 37.6 Å². The summed E-state index contributed by atoms with van der Waals surface area (Å²) in [6, 6.07) is 6.04. The number of aryl methyl sites for hydroxylation is 2. The Balaban J connectivity index is 1.96. The number of hydrogen-bond acceptors (Lipinski definition) is 3. The van der Waals surface area contributed by atoms with Crippen molar-refractivity contribution in [2.75, 3.05) is 24.6 Å². The van der Waals surface area contributed by atoms with Gasteiger partial charge in [0.2, 0.25) is 11.8 Å². The molecule has 2 amide bonds. The Morgan fingerprint density at radius 2 is 2.17 bits per heavy atom. The molecule has 1 fully saturated rings. The highest BCUT2D eigenvalue weighted by atomic mass is 16.5. The maximum atomic E-state index is 12.1. The predicted molar refractivity (Wildman–Crippen MR) is 95.2 cm³/mol. The van der Waals surface area contributed by atoms with Crippen molar-refractivity contribution in [2.45, 2.75) is 52.6 Å². The van der Waals surface area contributed by atoms with Crippen molar-refractivity contribution in [1.29, 1.82) is 0 Å². The van der Waals surface area contributed by atoms with Gasteiger partial charge in [0.1, 0.15) is 0 Å². The summed E-state index contributed by atoms with van der Waals surface area (Å²) >= 11 is 0. The minimum atomic E-state index is -0.0385. The van der Waals surface area contributed by atoms with Gasteiger partial charge >= 0.3 is 0 Å². The van der Waals surface area contributed by atoms with Crippen LogP contribution in [-0.2, 0) is 20.7 Å². The van der Waals surface area contributed by atoms with Crippen LogP contribution in [0.2, 0.25) is 0 Å². The van der Waals surface area contributed by atoms with Gasteiger partial charge in [-0.15, -0.1) is 0 Å². The van der Waals surface area contributed by atoms with Crippen LogP contribution in [0.1, 0.15) is 44.2 Å². The second kappa shape index (κ2) is 8.83. The summed E-state index contributed by atoms with van der Waals surface area (Å²) in [4.78, 5) is 25.9. The van der Waals surface area contributed by atoms with Crippen LogP contribution in [0.4, 0.5) is 5.69 Å². The van der Waals surface area contributed by atoms with Gasteiger partial charge in [-0.3, -0.25) is 9.59 Å². The first kappa shape index (κ1) is 18.5. The van der Waals surface area contributed by atoms with Crippen molar-refractivity contribution in [3.63, 3.8) is 0 Å². The van der Waals surface area contributed by atoms with E-state index in [2.05, 4.69) is 12.2 Å². The van der Waals surface area contributed by atoms with Crippen molar-refractivity contribution in [3.05, 3.63) is 29.3 Å².